The van der Waals surface area contributed by atoms with E-state index < -0.39 is 5.82 Å². The number of carbonyl (C=O) groups excluding carboxylic acids is 1. The molecule has 38 heavy (non-hydrogen) atoms. The second kappa shape index (κ2) is 10.9. The van der Waals surface area contributed by atoms with E-state index in [0.717, 1.165) is 30.0 Å². The van der Waals surface area contributed by atoms with Gasteiger partial charge in [0.05, 0.1) is 53.6 Å². The molecule has 1 aromatic carbocycles. The Kier molecular flexibility index (Phi) is 7.46. The van der Waals surface area contributed by atoms with E-state index in [1.165, 1.54) is 35.9 Å². The molecule has 198 valence electrons. The van der Waals surface area contributed by atoms with Crippen molar-refractivity contribution in [3.8, 4) is 5.75 Å². The van der Waals surface area contributed by atoms with Crippen molar-refractivity contribution in [3.05, 3.63) is 75.7 Å². The summed E-state index contributed by atoms with van der Waals surface area (Å²) in [6, 6.07) is 6.03. The maximum Gasteiger partial charge on any atom is 0.258 e. The number of pyridine rings is 1. The Morgan fingerprint density at radius 2 is 1.97 bits per heavy atom. The number of likely N-dealkylation sites (tertiary alicyclic amines) is 1. The van der Waals surface area contributed by atoms with Gasteiger partial charge in [-0.2, -0.15) is 0 Å². The average molecular weight is 537 g/mol. The minimum Gasteiger partial charge on any atom is -0.492 e. The van der Waals surface area contributed by atoms with Crippen LogP contribution in [0.3, 0.4) is 0 Å². The van der Waals surface area contributed by atoms with Crippen LogP contribution in [0.5, 0.6) is 5.75 Å². The molecule has 0 spiro atoms. The number of amides is 1. The highest BCUT2D eigenvalue weighted by Gasteiger charge is 2.32. The molecule has 4 heterocycles. The molecule has 0 radical (unpaired) electrons. The average Bonchev–Trinajstić information content (AvgIpc) is 3.57. The van der Waals surface area contributed by atoms with Crippen LogP contribution in [0.4, 0.5) is 10.1 Å². The van der Waals surface area contributed by atoms with Gasteiger partial charge in [0.25, 0.3) is 5.91 Å². The Labute approximate surface area is 226 Å². The number of aliphatic imine (C=N–C) groups is 1. The number of allylic oxidation sites excluding steroid dienone is 2. The van der Waals surface area contributed by atoms with Crippen LogP contribution < -0.4 is 15.0 Å². The van der Waals surface area contributed by atoms with Crippen LogP contribution in [0, 0.1) is 11.2 Å². The number of rotatable bonds is 6. The summed E-state index contributed by atoms with van der Waals surface area (Å²) in [6.45, 7) is 6.30. The molecule has 3 aliphatic heterocycles. The fourth-order valence-electron chi connectivity index (χ4n) is 4.88. The molecular formula is C28H30ClFN6O2. The second-order valence-corrected chi connectivity index (χ2v) is 10.1. The van der Waals surface area contributed by atoms with Crippen LogP contribution in [-0.4, -0.2) is 60.0 Å². The number of hydrogen-bond acceptors (Lipinski definition) is 7. The third-order valence-corrected chi connectivity index (χ3v) is 7.50. The van der Waals surface area contributed by atoms with Gasteiger partial charge in [0, 0.05) is 43.0 Å². The van der Waals surface area contributed by atoms with Crippen LogP contribution in [0.15, 0.2) is 63.8 Å². The van der Waals surface area contributed by atoms with Gasteiger partial charge >= 0.3 is 0 Å². The topological polar surface area (TPSA) is 93.9 Å². The van der Waals surface area contributed by atoms with E-state index in [1.54, 1.807) is 13.1 Å². The Balaban J connectivity index is 1.28. The van der Waals surface area contributed by atoms with Crippen molar-refractivity contribution in [1.29, 1.82) is 5.41 Å². The van der Waals surface area contributed by atoms with Crippen molar-refractivity contribution in [3.63, 3.8) is 0 Å². The number of carbonyl (C=O) groups is 1. The predicted octanol–water partition coefficient (Wildman–Crippen LogP) is 4.66. The summed E-state index contributed by atoms with van der Waals surface area (Å²) in [7, 11) is 0. The summed E-state index contributed by atoms with van der Waals surface area (Å²) in [4.78, 5) is 26.2. The lowest BCUT2D eigenvalue weighted by molar-refractivity contribution is 0.0799. The molecule has 2 N–H and O–H groups in total. The van der Waals surface area contributed by atoms with Crippen LogP contribution in [0.1, 0.15) is 42.6 Å². The van der Waals surface area contributed by atoms with E-state index >= 15 is 0 Å². The third-order valence-electron chi connectivity index (χ3n) is 6.94. The maximum atomic E-state index is 14.1. The first-order valence-electron chi connectivity index (χ1n) is 12.7. The largest absolute Gasteiger partial charge is 0.492 e. The van der Waals surface area contributed by atoms with E-state index in [-0.39, 0.29) is 42.6 Å². The van der Waals surface area contributed by atoms with Gasteiger partial charge in [0.1, 0.15) is 17.4 Å². The van der Waals surface area contributed by atoms with Gasteiger partial charge in [-0.3, -0.25) is 9.78 Å². The van der Waals surface area contributed by atoms with E-state index in [4.69, 9.17) is 21.7 Å². The Bertz CT molecular complexity index is 1380. The summed E-state index contributed by atoms with van der Waals surface area (Å²) < 4.78 is 20.1. The fraction of sp³-hybridized carbons (Fsp3) is 0.357. The zero-order valence-electron chi connectivity index (χ0n) is 21.5. The highest BCUT2D eigenvalue weighted by Crippen LogP contribution is 2.27. The molecule has 8 nitrogen and oxygen atoms in total. The number of anilines is 1. The highest BCUT2D eigenvalue weighted by molar-refractivity contribution is 6.43. The van der Waals surface area contributed by atoms with E-state index in [1.807, 2.05) is 13.1 Å². The molecular weight excluding hydrogens is 507 g/mol. The molecule has 2 aromatic rings. The molecule has 0 saturated carbocycles. The first kappa shape index (κ1) is 25.9. The lowest BCUT2D eigenvalue weighted by Crippen LogP contribution is -2.29. The van der Waals surface area contributed by atoms with Crippen LogP contribution in [-0.2, 0) is 6.42 Å². The van der Waals surface area contributed by atoms with Crippen LogP contribution in [0.2, 0.25) is 0 Å². The molecule has 2 fully saturated rings. The molecule has 3 aliphatic rings. The molecule has 5 rings (SSSR count). The summed E-state index contributed by atoms with van der Waals surface area (Å²) in [5.74, 6) is -0.118. The zero-order valence-corrected chi connectivity index (χ0v) is 22.2. The molecule has 0 bridgehead atoms. The Morgan fingerprint density at radius 3 is 2.74 bits per heavy atom. The zero-order chi connectivity index (χ0) is 26.8. The molecule has 1 amide bonds. The monoisotopic (exact) mass is 536 g/mol. The van der Waals surface area contributed by atoms with Gasteiger partial charge in [-0.05, 0) is 50.5 Å². The SMILES string of the molecule is CC1=N/C(=C2\CN(C(=O)c3ccc(F)cc3OCCc3cncc(N4CCCC4)c3)CC2=N)NC(C)=C1Cl. The van der Waals surface area contributed by atoms with Crippen molar-refractivity contribution in [2.24, 2.45) is 4.99 Å². The summed E-state index contributed by atoms with van der Waals surface area (Å²) in [5, 5.41) is 12.1. The van der Waals surface area contributed by atoms with Gasteiger partial charge in [-0.25, -0.2) is 9.38 Å². The van der Waals surface area contributed by atoms with Crippen molar-refractivity contribution in [1.82, 2.24) is 15.2 Å². The number of aromatic nitrogens is 1. The second-order valence-electron chi connectivity index (χ2n) is 9.71. The standard InChI is InChI=1S/C28H30ClFN6O2/c1-17-26(29)18(2)34-27(33-17)23-15-36(16-24(23)31)28(37)22-6-5-20(30)12-25(22)38-10-7-19-11-21(14-32-13-19)35-8-3-4-9-35/h5-6,11-14,31,33H,3-4,7-10,15-16H2,1-2H3/b27-23+,31-24?. The van der Waals surface area contributed by atoms with Gasteiger partial charge in [0.15, 0.2) is 0 Å². The number of hydrogen-bond donors (Lipinski definition) is 2. The van der Waals surface area contributed by atoms with E-state index in [2.05, 4.69) is 26.3 Å². The normalized spacial score (nSPS) is 19.7. The lowest BCUT2D eigenvalue weighted by Gasteiger charge is -2.19. The fourth-order valence-corrected chi connectivity index (χ4v) is 4.97. The van der Waals surface area contributed by atoms with Gasteiger partial charge in [-0.1, -0.05) is 11.6 Å². The number of nitrogens with zero attached hydrogens (tertiary/aromatic N) is 4. The summed E-state index contributed by atoms with van der Waals surface area (Å²) in [6.07, 6.45) is 6.62. The highest BCUT2D eigenvalue weighted by atomic mass is 35.5. The van der Waals surface area contributed by atoms with Gasteiger partial charge in [0.2, 0.25) is 0 Å². The first-order valence-corrected chi connectivity index (χ1v) is 13.1. The number of ether oxygens (including phenoxy) is 1. The lowest BCUT2D eigenvalue weighted by atomic mass is 10.1. The van der Waals surface area contributed by atoms with Crippen molar-refractivity contribution in [2.75, 3.05) is 37.7 Å². The maximum absolute atomic E-state index is 14.1. The van der Waals surface area contributed by atoms with Crippen LogP contribution >= 0.6 is 11.6 Å². The molecule has 0 aliphatic carbocycles. The van der Waals surface area contributed by atoms with E-state index in [9.17, 15) is 9.18 Å². The molecule has 2 saturated heterocycles. The Morgan fingerprint density at radius 1 is 1.18 bits per heavy atom. The summed E-state index contributed by atoms with van der Waals surface area (Å²) >= 11 is 6.23. The summed E-state index contributed by atoms with van der Waals surface area (Å²) in [5.41, 5.74) is 4.68. The number of benzene rings is 1. The van der Waals surface area contributed by atoms with Gasteiger partial charge in [-0.15, -0.1) is 0 Å². The Hall–Kier alpha value is -3.72. The van der Waals surface area contributed by atoms with Crippen molar-refractivity contribution < 1.29 is 13.9 Å². The van der Waals surface area contributed by atoms with Crippen molar-refractivity contribution in [2.45, 2.75) is 33.1 Å². The quantitative estimate of drug-likeness (QED) is 0.560. The minimum absolute atomic E-state index is 0.121. The van der Waals surface area contributed by atoms with E-state index in [0.29, 0.717) is 28.6 Å². The molecule has 1 aromatic heterocycles. The first-order chi connectivity index (χ1) is 18.3. The van der Waals surface area contributed by atoms with Gasteiger partial charge < -0.3 is 25.3 Å². The van der Waals surface area contributed by atoms with Crippen LogP contribution in [0.25, 0.3) is 0 Å². The molecule has 10 heteroatoms. The molecule has 0 unspecified atom stereocenters. The third kappa shape index (κ3) is 5.43. The number of nitrogens with one attached hydrogen (secondary N) is 2. The molecule has 0 atom stereocenters. The smallest absolute Gasteiger partial charge is 0.258 e. The predicted molar refractivity (Wildman–Crippen MR) is 147 cm³/mol. The minimum atomic E-state index is -0.485. The van der Waals surface area contributed by atoms with Crippen molar-refractivity contribution >= 4 is 34.6 Å². The number of halogens is 2.